The summed E-state index contributed by atoms with van der Waals surface area (Å²) in [5, 5.41) is 0. The fourth-order valence-corrected chi connectivity index (χ4v) is 0.752. The van der Waals surface area contributed by atoms with Crippen LogP contribution in [0, 0.1) is 12.3 Å². The monoisotopic (exact) mass is 167 g/mol. The lowest BCUT2D eigenvalue weighted by atomic mass is 10.0. The first-order valence-electron chi connectivity index (χ1n) is 3.61. The summed E-state index contributed by atoms with van der Waals surface area (Å²) >= 11 is 0. The molecule has 0 heterocycles. The number of rotatable bonds is 4. The quantitative estimate of drug-likeness (QED) is 0.508. The van der Waals surface area contributed by atoms with Crippen molar-refractivity contribution in [3.05, 3.63) is 12.7 Å². The predicted octanol–water partition coefficient (Wildman–Crippen LogP) is 1.44. The highest BCUT2D eigenvalue weighted by atomic mass is 16.6. The number of allylic oxidation sites excluding steroid dienone is 1. The number of hydrogen-bond donors (Lipinski definition) is 1. The first kappa shape index (κ1) is 10.6. The molecule has 1 atom stereocenters. The van der Waals surface area contributed by atoms with Gasteiger partial charge in [0.1, 0.15) is 0 Å². The van der Waals surface area contributed by atoms with Gasteiger partial charge in [0.05, 0.1) is 0 Å². The lowest BCUT2D eigenvalue weighted by molar-refractivity contribution is 0.0686. The Bertz CT molecular complexity index is 217. The van der Waals surface area contributed by atoms with Gasteiger partial charge in [0, 0.05) is 6.42 Å². The second kappa shape index (κ2) is 4.45. The van der Waals surface area contributed by atoms with Gasteiger partial charge >= 0.3 is 6.09 Å². The Morgan fingerprint density at radius 1 is 1.92 bits per heavy atom. The molecule has 0 aromatic carbocycles. The Morgan fingerprint density at radius 3 is 2.83 bits per heavy atom. The average molecular weight is 167 g/mol. The molecule has 0 aliphatic heterocycles. The number of carbonyl (C=O) groups is 1. The van der Waals surface area contributed by atoms with Crippen molar-refractivity contribution in [3.63, 3.8) is 0 Å². The Morgan fingerprint density at radius 2 is 2.50 bits per heavy atom. The number of carbonyl (C=O) groups excluding carboxylic acids is 1. The molecule has 0 fully saturated rings. The van der Waals surface area contributed by atoms with Gasteiger partial charge in [-0.15, -0.1) is 13.0 Å². The maximum absolute atomic E-state index is 10.4. The van der Waals surface area contributed by atoms with Crippen LogP contribution in [-0.4, -0.2) is 11.7 Å². The van der Waals surface area contributed by atoms with E-state index in [0.29, 0.717) is 12.8 Å². The van der Waals surface area contributed by atoms with Crippen molar-refractivity contribution in [1.82, 2.24) is 0 Å². The Labute approximate surface area is 72.6 Å². The normalized spacial score (nSPS) is 14.0. The van der Waals surface area contributed by atoms with Crippen LogP contribution < -0.4 is 5.73 Å². The molecule has 3 heteroatoms. The van der Waals surface area contributed by atoms with Crippen LogP contribution >= 0.6 is 0 Å². The van der Waals surface area contributed by atoms with Gasteiger partial charge in [0.15, 0.2) is 5.60 Å². The molecule has 0 aromatic rings. The van der Waals surface area contributed by atoms with E-state index in [-0.39, 0.29) is 0 Å². The molecule has 0 radical (unpaired) electrons. The highest BCUT2D eigenvalue weighted by molar-refractivity contribution is 5.65. The fourth-order valence-electron chi connectivity index (χ4n) is 0.752. The highest BCUT2D eigenvalue weighted by Crippen LogP contribution is 2.16. The number of nitrogens with two attached hydrogens (primary N) is 1. The zero-order chi connectivity index (χ0) is 9.61. The lowest BCUT2D eigenvalue weighted by Gasteiger charge is -2.21. The molecule has 0 aliphatic carbocycles. The largest absolute Gasteiger partial charge is 0.430 e. The lowest BCUT2D eigenvalue weighted by Crippen LogP contribution is -2.32. The van der Waals surface area contributed by atoms with Crippen LogP contribution in [0.2, 0.25) is 0 Å². The Balaban J connectivity index is 4.16. The molecule has 3 nitrogen and oxygen atoms in total. The zero-order valence-electron chi connectivity index (χ0n) is 7.17. The molecule has 2 N–H and O–H groups in total. The van der Waals surface area contributed by atoms with Crippen LogP contribution in [0.4, 0.5) is 4.79 Å². The van der Waals surface area contributed by atoms with E-state index in [0.717, 1.165) is 0 Å². The van der Waals surface area contributed by atoms with Crippen molar-refractivity contribution in [1.29, 1.82) is 0 Å². The third-order valence-corrected chi connectivity index (χ3v) is 1.46. The summed E-state index contributed by atoms with van der Waals surface area (Å²) in [6, 6.07) is 0. The van der Waals surface area contributed by atoms with Crippen LogP contribution in [-0.2, 0) is 4.74 Å². The van der Waals surface area contributed by atoms with Gasteiger partial charge in [-0.1, -0.05) is 12.0 Å². The van der Waals surface area contributed by atoms with E-state index in [1.54, 1.807) is 13.0 Å². The molecule has 12 heavy (non-hydrogen) atoms. The van der Waals surface area contributed by atoms with Crippen LogP contribution in [0.1, 0.15) is 19.8 Å². The molecule has 0 bridgehead atoms. The van der Waals surface area contributed by atoms with E-state index in [2.05, 4.69) is 12.5 Å². The topological polar surface area (TPSA) is 52.3 Å². The summed E-state index contributed by atoms with van der Waals surface area (Å²) < 4.78 is 4.74. The average Bonchev–Trinajstić information content (AvgIpc) is 2.00. The molecule has 0 rings (SSSR count). The molecular weight excluding hydrogens is 154 g/mol. The summed E-state index contributed by atoms with van der Waals surface area (Å²) in [4.78, 5) is 10.4. The summed E-state index contributed by atoms with van der Waals surface area (Å²) in [7, 11) is 0. The van der Waals surface area contributed by atoms with Crippen LogP contribution in [0.15, 0.2) is 12.7 Å². The minimum Gasteiger partial charge on any atom is -0.430 e. The minimum absolute atomic E-state index is 0.538. The van der Waals surface area contributed by atoms with Crippen LogP contribution in [0.5, 0.6) is 0 Å². The van der Waals surface area contributed by atoms with E-state index in [1.807, 2.05) is 0 Å². The van der Waals surface area contributed by atoms with Crippen LogP contribution in [0.25, 0.3) is 0 Å². The summed E-state index contributed by atoms with van der Waals surface area (Å²) in [5.41, 5.74) is 3.94. The number of primary amides is 1. The molecule has 1 amide bonds. The van der Waals surface area contributed by atoms with Crippen LogP contribution in [0.3, 0.4) is 0 Å². The molecular formula is C9H13NO2. The summed E-state index contributed by atoms with van der Waals surface area (Å²) in [6.07, 6.45) is 7.27. The standard InChI is InChI=1S/C9H13NO2/c1-4-6-7-9(3,5-2)12-8(10)11/h2,4H,1,6-7H2,3H3,(H2,10,11). The third kappa shape index (κ3) is 3.67. The van der Waals surface area contributed by atoms with Crippen molar-refractivity contribution in [2.24, 2.45) is 5.73 Å². The van der Waals surface area contributed by atoms with Crippen molar-refractivity contribution < 1.29 is 9.53 Å². The second-order valence-corrected chi connectivity index (χ2v) is 2.62. The second-order valence-electron chi connectivity index (χ2n) is 2.62. The molecule has 0 aliphatic rings. The van der Waals surface area contributed by atoms with Crippen molar-refractivity contribution in [2.45, 2.75) is 25.4 Å². The Hall–Kier alpha value is -1.43. The molecule has 1 unspecified atom stereocenters. The fraction of sp³-hybridized carbons (Fsp3) is 0.444. The van der Waals surface area contributed by atoms with Gasteiger partial charge in [0.25, 0.3) is 0 Å². The van der Waals surface area contributed by atoms with E-state index >= 15 is 0 Å². The van der Waals surface area contributed by atoms with Crippen molar-refractivity contribution in [3.8, 4) is 12.3 Å². The van der Waals surface area contributed by atoms with Gasteiger partial charge in [0.2, 0.25) is 0 Å². The van der Waals surface area contributed by atoms with Gasteiger partial charge in [-0.25, -0.2) is 4.79 Å². The van der Waals surface area contributed by atoms with E-state index in [1.165, 1.54) is 0 Å². The smallest absolute Gasteiger partial charge is 0.406 e. The molecule has 0 saturated carbocycles. The number of ether oxygens (including phenoxy) is 1. The predicted molar refractivity (Wildman–Crippen MR) is 47.3 cm³/mol. The zero-order valence-corrected chi connectivity index (χ0v) is 7.17. The number of amides is 1. The first-order chi connectivity index (χ1) is 5.54. The maximum atomic E-state index is 10.4. The number of hydrogen-bond acceptors (Lipinski definition) is 2. The van der Waals surface area contributed by atoms with Gasteiger partial charge < -0.3 is 10.5 Å². The minimum atomic E-state index is -0.903. The third-order valence-electron chi connectivity index (χ3n) is 1.46. The van der Waals surface area contributed by atoms with E-state index in [9.17, 15) is 4.79 Å². The van der Waals surface area contributed by atoms with Crippen molar-refractivity contribution >= 4 is 6.09 Å². The number of terminal acetylenes is 1. The van der Waals surface area contributed by atoms with Crippen molar-refractivity contribution in [2.75, 3.05) is 0 Å². The van der Waals surface area contributed by atoms with E-state index < -0.39 is 11.7 Å². The van der Waals surface area contributed by atoms with Gasteiger partial charge in [-0.3, -0.25) is 0 Å². The first-order valence-corrected chi connectivity index (χ1v) is 3.61. The maximum Gasteiger partial charge on any atom is 0.406 e. The molecule has 0 saturated heterocycles. The Kier molecular flexibility index (Phi) is 3.92. The summed E-state index contributed by atoms with van der Waals surface area (Å²) in [5.74, 6) is 2.37. The summed E-state index contributed by atoms with van der Waals surface area (Å²) in [6.45, 7) is 5.18. The molecule has 66 valence electrons. The highest BCUT2D eigenvalue weighted by Gasteiger charge is 2.23. The molecule has 0 spiro atoms. The molecule has 0 aromatic heterocycles. The van der Waals surface area contributed by atoms with E-state index in [4.69, 9.17) is 16.9 Å². The van der Waals surface area contributed by atoms with Gasteiger partial charge in [-0.05, 0) is 13.3 Å². The van der Waals surface area contributed by atoms with Gasteiger partial charge in [-0.2, -0.15) is 0 Å². The SMILES string of the molecule is C#CC(C)(CCC=C)OC(N)=O.